The van der Waals surface area contributed by atoms with Crippen molar-refractivity contribution in [3.8, 4) is 5.75 Å². The molecule has 0 spiro atoms. The molecule has 4 heteroatoms. The Morgan fingerprint density at radius 2 is 1.62 bits per heavy atom. The molecule has 0 N–H and O–H groups in total. The first-order valence-electron chi connectivity index (χ1n) is 7.77. The van der Waals surface area contributed by atoms with Crippen molar-refractivity contribution in [2.45, 2.75) is 34.3 Å². The summed E-state index contributed by atoms with van der Waals surface area (Å²) in [5, 5.41) is 0. The summed E-state index contributed by atoms with van der Waals surface area (Å²) < 4.78 is 10.5. The number of methoxy groups -OCH3 is 1. The largest absolute Gasteiger partial charge is 0.497 e. The Hall–Kier alpha value is -2.62. The van der Waals surface area contributed by atoms with Crippen molar-refractivity contribution in [3.63, 3.8) is 0 Å². The van der Waals surface area contributed by atoms with Gasteiger partial charge in [-0.1, -0.05) is 6.07 Å². The maximum Gasteiger partial charge on any atom is 0.338 e. The van der Waals surface area contributed by atoms with Gasteiger partial charge in [-0.15, -0.1) is 0 Å². The van der Waals surface area contributed by atoms with Crippen molar-refractivity contribution in [3.05, 3.63) is 63.7 Å². The van der Waals surface area contributed by atoms with Crippen LogP contribution in [-0.2, 0) is 11.3 Å². The molecule has 0 saturated heterocycles. The van der Waals surface area contributed by atoms with E-state index in [1.54, 1.807) is 38.3 Å². The summed E-state index contributed by atoms with van der Waals surface area (Å²) in [5.74, 6) is 0.303. The highest BCUT2D eigenvalue weighted by atomic mass is 16.5. The molecule has 0 aromatic heterocycles. The van der Waals surface area contributed by atoms with Crippen LogP contribution in [0.4, 0.5) is 0 Å². The zero-order valence-corrected chi connectivity index (χ0v) is 14.7. The summed E-state index contributed by atoms with van der Waals surface area (Å²) in [6.45, 7) is 7.47. The third-order valence-electron chi connectivity index (χ3n) is 4.16. The number of aryl methyl sites for hydroxylation is 2. The fraction of sp³-hybridized carbons (Fsp3) is 0.300. The molecule has 0 aliphatic carbocycles. The lowest BCUT2D eigenvalue weighted by Gasteiger charge is -2.16. The minimum absolute atomic E-state index is 0.0210. The van der Waals surface area contributed by atoms with Gasteiger partial charge in [0.05, 0.1) is 12.7 Å². The summed E-state index contributed by atoms with van der Waals surface area (Å²) in [7, 11) is 1.57. The van der Waals surface area contributed by atoms with Crippen LogP contribution in [0.15, 0.2) is 30.3 Å². The van der Waals surface area contributed by atoms with Crippen molar-refractivity contribution in [2.24, 2.45) is 0 Å². The normalized spacial score (nSPS) is 10.4. The van der Waals surface area contributed by atoms with E-state index in [0.717, 1.165) is 22.3 Å². The molecule has 2 rings (SSSR count). The number of rotatable bonds is 5. The van der Waals surface area contributed by atoms with Crippen LogP contribution >= 0.6 is 0 Å². The van der Waals surface area contributed by atoms with E-state index in [-0.39, 0.29) is 12.4 Å². The summed E-state index contributed by atoms with van der Waals surface area (Å²) in [4.78, 5) is 24.0. The summed E-state index contributed by atoms with van der Waals surface area (Å²) >= 11 is 0. The Balaban J connectivity index is 2.20. The Labute approximate surface area is 142 Å². The van der Waals surface area contributed by atoms with Gasteiger partial charge in [-0.3, -0.25) is 4.79 Å². The molecule has 0 amide bonds. The number of benzene rings is 2. The van der Waals surface area contributed by atoms with Crippen LogP contribution in [0.25, 0.3) is 0 Å². The smallest absolute Gasteiger partial charge is 0.338 e. The first-order valence-corrected chi connectivity index (χ1v) is 7.77. The van der Waals surface area contributed by atoms with E-state index >= 15 is 0 Å². The number of ketones is 1. The average Bonchev–Trinajstić information content (AvgIpc) is 2.53. The molecule has 0 bridgehead atoms. The number of carbonyl (C=O) groups excluding carboxylic acids is 2. The predicted octanol–water partition coefficient (Wildman–Crippen LogP) is 4.18. The first-order chi connectivity index (χ1) is 11.3. The van der Waals surface area contributed by atoms with Crippen LogP contribution in [-0.4, -0.2) is 18.9 Å². The Morgan fingerprint density at radius 1 is 1.00 bits per heavy atom. The van der Waals surface area contributed by atoms with E-state index in [4.69, 9.17) is 9.47 Å². The zero-order valence-electron chi connectivity index (χ0n) is 14.7. The SMILES string of the molecule is COc1ccc(C(=O)OCc2c(C)cc(C)c(C(C)=O)c2C)cc1. The molecule has 24 heavy (non-hydrogen) atoms. The van der Waals surface area contributed by atoms with Gasteiger partial charge in [0.1, 0.15) is 12.4 Å². The molecular weight excluding hydrogens is 304 g/mol. The quantitative estimate of drug-likeness (QED) is 0.611. The summed E-state index contributed by atoms with van der Waals surface area (Å²) in [5.41, 5.74) is 4.89. The van der Waals surface area contributed by atoms with E-state index in [0.29, 0.717) is 16.9 Å². The minimum Gasteiger partial charge on any atom is -0.497 e. The number of hydrogen-bond donors (Lipinski definition) is 0. The number of carbonyl (C=O) groups is 2. The fourth-order valence-corrected chi connectivity index (χ4v) is 2.94. The van der Waals surface area contributed by atoms with Crippen LogP contribution in [0.5, 0.6) is 5.75 Å². The molecule has 2 aromatic rings. The van der Waals surface area contributed by atoms with Crippen molar-refractivity contribution < 1.29 is 19.1 Å². The molecule has 0 atom stereocenters. The third kappa shape index (κ3) is 3.65. The number of esters is 1. The predicted molar refractivity (Wildman–Crippen MR) is 92.8 cm³/mol. The van der Waals surface area contributed by atoms with E-state index in [1.165, 1.54) is 0 Å². The van der Waals surface area contributed by atoms with Crippen LogP contribution in [0.1, 0.15) is 49.9 Å². The molecular formula is C20H22O4. The van der Waals surface area contributed by atoms with Gasteiger partial charge < -0.3 is 9.47 Å². The summed E-state index contributed by atoms with van der Waals surface area (Å²) in [6.07, 6.45) is 0. The Kier molecular flexibility index (Phi) is 5.39. The lowest BCUT2D eigenvalue weighted by molar-refractivity contribution is 0.0471. The van der Waals surface area contributed by atoms with Gasteiger partial charge in [0.2, 0.25) is 0 Å². The fourth-order valence-electron chi connectivity index (χ4n) is 2.94. The van der Waals surface area contributed by atoms with Crippen molar-refractivity contribution in [1.29, 1.82) is 0 Å². The molecule has 0 radical (unpaired) electrons. The second kappa shape index (κ2) is 7.30. The van der Waals surface area contributed by atoms with E-state index in [2.05, 4.69) is 0 Å². The second-order valence-electron chi connectivity index (χ2n) is 5.85. The molecule has 0 heterocycles. The highest BCUT2D eigenvalue weighted by Crippen LogP contribution is 2.24. The van der Waals surface area contributed by atoms with Gasteiger partial charge in [0, 0.05) is 5.56 Å². The maximum atomic E-state index is 12.2. The molecule has 0 aliphatic heterocycles. The lowest BCUT2D eigenvalue weighted by Crippen LogP contribution is -2.10. The van der Waals surface area contributed by atoms with Crippen LogP contribution in [0.3, 0.4) is 0 Å². The minimum atomic E-state index is -0.401. The topological polar surface area (TPSA) is 52.6 Å². The van der Waals surface area contributed by atoms with Crippen LogP contribution < -0.4 is 4.74 Å². The third-order valence-corrected chi connectivity index (χ3v) is 4.16. The van der Waals surface area contributed by atoms with Gasteiger partial charge in [-0.2, -0.15) is 0 Å². The Morgan fingerprint density at radius 3 is 2.17 bits per heavy atom. The molecule has 0 saturated carbocycles. The van der Waals surface area contributed by atoms with Gasteiger partial charge >= 0.3 is 5.97 Å². The molecule has 0 unspecified atom stereocenters. The highest BCUT2D eigenvalue weighted by Gasteiger charge is 2.16. The number of ether oxygens (including phenoxy) is 2. The van der Waals surface area contributed by atoms with Gasteiger partial charge in [-0.05, 0) is 74.2 Å². The second-order valence-corrected chi connectivity index (χ2v) is 5.85. The monoisotopic (exact) mass is 326 g/mol. The molecule has 2 aromatic carbocycles. The highest BCUT2D eigenvalue weighted by molar-refractivity contribution is 5.97. The number of hydrogen-bond acceptors (Lipinski definition) is 4. The van der Waals surface area contributed by atoms with Crippen molar-refractivity contribution in [1.82, 2.24) is 0 Å². The maximum absolute atomic E-state index is 12.2. The van der Waals surface area contributed by atoms with Crippen molar-refractivity contribution in [2.75, 3.05) is 7.11 Å². The van der Waals surface area contributed by atoms with Crippen molar-refractivity contribution >= 4 is 11.8 Å². The summed E-state index contributed by atoms with van der Waals surface area (Å²) in [6, 6.07) is 8.72. The standard InChI is InChI=1S/C20H22O4/c1-12-10-13(2)19(15(4)21)14(3)18(12)11-24-20(22)16-6-8-17(23-5)9-7-16/h6-10H,11H2,1-5H3. The zero-order chi connectivity index (χ0) is 17.9. The Bertz CT molecular complexity index is 773. The molecule has 126 valence electrons. The van der Waals surface area contributed by atoms with Crippen LogP contribution in [0.2, 0.25) is 0 Å². The molecule has 0 fully saturated rings. The molecule has 0 aliphatic rings. The van der Waals surface area contributed by atoms with E-state index in [9.17, 15) is 9.59 Å². The molecule has 4 nitrogen and oxygen atoms in total. The van der Waals surface area contributed by atoms with E-state index < -0.39 is 5.97 Å². The van der Waals surface area contributed by atoms with Gasteiger partial charge in [0.25, 0.3) is 0 Å². The van der Waals surface area contributed by atoms with Gasteiger partial charge in [-0.25, -0.2) is 4.79 Å². The first kappa shape index (κ1) is 17.7. The van der Waals surface area contributed by atoms with Gasteiger partial charge in [0.15, 0.2) is 5.78 Å². The number of Topliss-reactive ketones (excluding diaryl/α,β-unsaturated/α-hetero) is 1. The average molecular weight is 326 g/mol. The lowest BCUT2D eigenvalue weighted by atomic mass is 9.92. The van der Waals surface area contributed by atoms with Crippen LogP contribution in [0, 0.1) is 20.8 Å². The van der Waals surface area contributed by atoms with E-state index in [1.807, 2.05) is 26.8 Å².